The molecule has 0 unspecified atom stereocenters. The molecule has 128 valence electrons. The molecule has 2 rings (SSSR count). The molecule has 1 amide bonds. The lowest BCUT2D eigenvalue weighted by Gasteiger charge is -2.11. The fraction of sp³-hybridized carbons (Fsp3) is 0.312. The van der Waals surface area contributed by atoms with E-state index in [4.69, 9.17) is 26.4 Å². The van der Waals surface area contributed by atoms with Crippen molar-refractivity contribution in [2.45, 2.75) is 6.92 Å². The number of carbonyl (C=O) groups is 2. The third kappa shape index (κ3) is 4.27. The van der Waals surface area contributed by atoms with Crippen molar-refractivity contribution in [1.29, 1.82) is 0 Å². The second kappa shape index (κ2) is 8.16. The number of benzene rings is 1. The van der Waals surface area contributed by atoms with Gasteiger partial charge >= 0.3 is 5.97 Å². The quantitative estimate of drug-likeness (QED) is 0.435. The Morgan fingerprint density at radius 3 is 2.71 bits per heavy atom. The van der Waals surface area contributed by atoms with Crippen LogP contribution in [0.5, 0.6) is 11.5 Å². The fourth-order valence-electron chi connectivity index (χ4n) is 1.93. The topological polar surface area (TPSA) is 65.1 Å². The summed E-state index contributed by atoms with van der Waals surface area (Å²) in [5.74, 6) is 0.275. The number of amides is 1. The van der Waals surface area contributed by atoms with Gasteiger partial charge in [-0.1, -0.05) is 30.0 Å². The molecule has 0 bridgehead atoms. The van der Waals surface area contributed by atoms with Gasteiger partial charge in [-0.3, -0.25) is 9.69 Å². The second-order valence-corrected chi connectivity index (χ2v) is 6.42. The number of thioether (sulfide) groups is 1. The minimum absolute atomic E-state index is 0.144. The summed E-state index contributed by atoms with van der Waals surface area (Å²) < 4.78 is 16.0. The molecule has 0 saturated carbocycles. The Hall–Kier alpha value is -2.06. The summed E-state index contributed by atoms with van der Waals surface area (Å²) in [6.45, 7) is 1.80. The first kappa shape index (κ1) is 18.3. The van der Waals surface area contributed by atoms with Crippen LogP contribution in [0.4, 0.5) is 0 Å². The minimum Gasteiger partial charge on any atom is -0.493 e. The van der Waals surface area contributed by atoms with Gasteiger partial charge in [0.1, 0.15) is 4.32 Å². The summed E-state index contributed by atoms with van der Waals surface area (Å²) in [5.41, 5.74) is 0.739. The van der Waals surface area contributed by atoms with Gasteiger partial charge < -0.3 is 14.2 Å². The first-order valence-corrected chi connectivity index (χ1v) is 8.36. The third-order valence-electron chi connectivity index (χ3n) is 3.12. The van der Waals surface area contributed by atoms with E-state index in [9.17, 15) is 9.59 Å². The lowest BCUT2D eigenvalue weighted by molar-refractivity contribution is -0.145. The van der Waals surface area contributed by atoms with Crippen LogP contribution < -0.4 is 9.47 Å². The van der Waals surface area contributed by atoms with Crippen LogP contribution >= 0.6 is 24.0 Å². The van der Waals surface area contributed by atoms with Gasteiger partial charge in [0.15, 0.2) is 18.1 Å². The molecule has 1 aromatic carbocycles. The van der Waals surface area contributed by atoms with Gasteiger partial charge in [0.05, 0.1) is 18.6 Å². The Morgan fingerprint density at radius 1 is 1.38 bits per heavy atom. The highest BCUT2D eigenvalue weighted by Crippen LogP contribution is 2.34. The highest BCUT2D eigenvalue weighted by molar-refractivity contribution is 8.26. The number of nitrogens with zero attached hydrogens (tertiary/aromatic N) is 1. The Bertz CT molecular complexity index is 702. The molecule has 6 nitrogen and oxygen atoms in total. The van der Waals surface area contributed by atoms with Gasteiger partial charge in [-0.15, -0.1) is 0 Å². The molecule has 0 atom stereocenters. The number of rotatable bonds is 6. The van der Waals surface area contributed by atoms with E-state index in [0.29, 0.717) is 20.7 Å². The first-order valence-electron chi connectivity index (χ1n) is 7.14. The van der Waals surface area contributed by atoms with Crippen molar-refractivity contribution in [2.75, 3.05) is 27.4 Å². The minimum atomic E-state index is -0.461. The number of likely N-dealkylation sites (N-methyl/N-ethyl adjacent to an activating group) is 1. The van der Waals surface area contributed by atoms with E-state index < -0.39 is 5.97 Å². The predicted octanol–water partition coefficient (Wildman–Crippen LogP) is 2.47. The summed E-state index contributed by atoms with van der Waals surface area (Å²) in [5, 5.41) is 0. The molecule has 0 N–H and O–H groups in total. The molecule has 1 saturated heterocycles. The number of thiocarbonyl (C=S) groups is 1. The van der Waals surface area contributed by atoms with Crippen LogP contribution in [0.25, 0.3) is 6.08 Å². The van der Waals surface area contributed by atoms with E-state index in [2.05, 4.69) is 0 Å². The van der Waals surface area contributed by atoms with Gasteiger partial charge in [-0.05, 0) is 30.7 Å². The van der Waals surface area contributed by atoms with Crippen molar-refractivity contribution >= 4 is 46.3 Å². The summed E-state index contributed by atoms with van der Waals surface area (Å²) in [7, 11) is 3.15. The SMILES string of the molecule is CCOC(=O)COc1cc(/C=C2/SC(=S)N(C)C2=O)ccc1OC. The lowest BCUT2D eigenvalue weighted by Crippen LogP contribution is -2.22. The maximum atomic E-state index is 12.0. The van der Waals surface area contributed by atoms with E-state index in [0.717, 1.165) is 5.56 Å². The summed E-state index contributed by atoms with van der Waals surface area (Å²) in [6, 6.07) is 5.19. The second-order valence-electron chi connectivity index (χ2n) is 4.74. The van der Waals surface area contributed by atoms with Crippen LogP contribution in [0.1, 0.15) is 12.5 Å². The standard InChI is InChI=1S/C16H17NO5S2/c1-4-21-14(18)9-22-12-7-10(5-6-11(12)20-3)8-13-15(19)17(2)16(23)24-13/h5-8H,4,9H2,1-3H3/b13-8+. The molecule has 0 aliphatic carbocycles. The molecule has 0 aromatic heterocycles. The maximum absolute atomic E-state index is 12.0. The number of esters is 1. The van der Waals surface area contributed by atoms with Crippen molar-refractivity contribution in [3.8, 4) is 11.5 Å². The maximum Gasteiger partial charge on any atom is 0.344 e. The zero-order chi connectivity index (χ0) is 17.7. The first-order chi connectivity index (χ1) is 11.5. The van der Waals surface area contributed by atoms with E-state index in [1.165, 1.54) is 23.8 Å². The zero-order valence-electron chi connectivity index (χ0n) is 13.5. The fourth-order valence-corrected chi connectivity index (χ4v) is 3.11. The van der Waals surface area contributed by atoms with Gasteiger partial charge in [0, 0.05) is 7.05 Å². The highest BCUT2D eigenvalue weighted by atomic mass is 32.2. The Morgan fingerprint density at radius 2 is 2.12 bits per heavy atom. The van der Waals surface area contributed by atoms with Gasteiger partial charge in [0.25, 0.3) is 5.91 Å². The smallest absolute Gasteiger partial charge is 0.344 e. The Kier molecular flexibility index (Phi) is 6.22. The number of hydrogen-bond acceptors (Lipinski definition) is 7. The van der Waals surface area contributed by atoms with E-state index in [-0.39, 0.29) is 19.1 Å². The van der Waals surface area contributed by atoms with Crippen molar-refractivity contribution in [3.05, 3.63) is 28.7 Å². The van der Waals surface area contributed by atoms with E-state index in [1.54, 1.807) is 38.2 Å². The molecule has 1 aliphatic heterocycles. The Labute approximate surface area is 149 Å². The summed E-state index contributed by atoms with van der Waals surface area (Å²) in [6.07, 6.45) is 1.72. The van der Waals surface area contributed by atoms with Crippen molar-refractivity contribution in [1.82, 2.24) is 4.90 Å². The van der Waals surface area contributed by atoms with Crippen LogP contribution in [0, 0.1) is 0 Å². The molecule has 1 aliphatic rings. The van der Waals surface area contributed by atoms with Gasteiger partial charge in [-0.2, -0.15) is 0 Å². The van der Waals surface area contributed by atoms with E-state index in [1.807, 2.05) is 0 Å². The molecule has 0 radical (unpaired) electrons. The number of hydrogen-bond donors (Lipinski definition) is 0. The van der Waals surface area contributed by atoms with Gasteiger partial charge in [-0.25, -0.2) is 4.79 Å². The monoisotopic (exact) mass is 367 g/mol. The van der Waals surface area contributed by atoms with Crippen LogP contribution in [0.15, 0.2) is 23.1 Å². The average Bonchev–Trinajstić information content (AvgIpc) is 2.80. The number of methoxy groups -OCH3 is 1. The van der Waals surface area contributed by atoms with Crippen LogP contribution in [-0.4, -0.2) is 48.5 Å². The van der Waals surface area contributed by atoms with Crippen LogP contribution in [-0.2, 0) is 14.3 Å². The van der Waals surface area contributed by atoms with Crippen LogP contribution in [0.2, 0.25) is 0 Å². The summed E-state index contributed by atoms with van der Waals surface area (Å²) in [4.78, 5) is 25.4. The molecule has 24 heavy (non-hydrogen) atoms. The van der Waals surface area contributed by atoms with Crippen LogP contribution in [0.3, 0.4) is 0 Å². The highest BCUT2D eigenvalue weighted by Gasteiger charge is 2.28. The normalized spacial score (nSPS) is 15.8. The van der Waals surface area contributed by atoms with Gasteiger partial charge in [0.2, 0.25) is 0 Å². The summed E-state index contributed by atoms with van der Waals surface area (Å²) >= 11 is 6.34. The third-order valence-corrected chi connectivity index (χ3v) is 4.61. The molecule has 1 aromatic rings. The zero-order valence-corrected chi connectivity index (χ0v) is 15.2. The number of ether oxygens (including phenoxy) is 3. The van der Waals surface area contributed by atoms with E-state index >= 15 is 0 Å². The number of carbonyl (C=O) groups excluding carboxylic acids is 2. The average molecular weight is 367 g/mol. The molecular weight excluding hydrogens is 350 g/mol. The Balaban J connectivity index is 2.20. The molecule has 1 fully saturated rings. The van der Waals surface area contributed by atoms with Crippen molar-refractivity contribution in [3.63, 3.8) is 0 Å². The van der Waals surface area contributed by atoms with Crippen molar-refractivity contribution < 1.29 is 23.8 Å². The van der Waals surface area contributed by atoms with Crippen molar-refractivity contribution in [2.24, 2.45) is 0 Å². The molecule has 8 heteroatoms. The predicted molar refractivity (Wildman–Crippen MR) is 96.1 cm³/mol. The molecule has 1 heterocycles. The largest absolute Gasteiger partial charge is 0.493 e. The molecule has 0 spiro atoms. The lowest BCUT2D eigenvalue weighted by atomic mass is 10.2. The molecular formula is C16H17NO5S2.